The van der Waals surface area contributed by atoms with Crippen molar-refractivity contribution >= 4 is 0 Å². The van der Waals surface area contributed by atoms with Crippen molar-refractivity contribution in [1.29, 1.82) is 0 Å². The minimum atomic E-state index is 0.827. The summed E-state index contributed by atoms with van der Waals surface area (Å²) in [5.41, 5.74) is 0.827. The first-order valence-corrected chi connectivity index (χ1v) is 6.11. The van der Waals surface area contributed by atoms with Crippen molar-refractivity contribution < 1.29 is 0 Å². The van der Waals surface area contributed by atoms with E-state index in [2.05, 4.69) is 5.32 Å². The van der Waals surface area contributed by atoms with Gasteiger partial charge in [-0.05, 0) is 56.4 Å². The molecule has 1 nitrogen and oxygen atoms in total. The summed E-state index contributed by atoms with van der Waals surface area (Å²) in [7, 11) is 0. The first-order chi connectivity index (χ1) is 6.38. The summed E-state index contributed by atoms with van der Waals surface area (Å²) in [4.78, 5) is 0. The van der Waals surface area contributed by atoms with Crippen molar-refractivity contribution in [2.24, 2.45) is 11.3 Å². The quantitative estimate of drug-likeness (QED) is 0.603. The summed E-state index contributed by atoms with van der Waals surface area (Å²) >= 11 is 0. The molecule has 1 aliphatic heterocycles. The van der Waals surface area contributed by atoms with Gasteiger partial charge < -0.3 is 5.32 Å². The number of rotatable bonds is 0. The highest BCUT2D eigenvalue weighted by molar-refractivity contribution is 4.97. The molecule has 1 saturated heterocycles. The smallest absolute Gasteiger partial charge is 0.00962 e. The van der Waals surface area contributed by atoms with Crippen LogP contribution < -0.4 is 5.32 Å². The van der Waals surface area contributed by atoms with E-state index >= 15 is 0 Å². The lowest BCUT2D eigenvalue weighted by Crippen LogP contribution is -2.37. The molecule has 2 saturated carbocycles. The molecule has 1 spiro atoms. The highest BCUT2D eigenvalue weighted by Gasteiger charge is 2.43. The van der Waals surface area contributed by atoms with E-state index < -0.39 is 0 Å². The zero-order valence-corrected chi connectivity index (χ0v) is 8.52. The summed E-state index contributed by atoms with van der Waals surface area (Å²) in [5, 5.41) is 3.66. The highest BCUT2D eigenvalue weighted by Crippen LogP contribution is 2.52. The average molecular weight is 179 g/mol. The Bertz CT molecular complexity index is 193. The van der Waals surface area contributed by atoms with Crippen molar-refractivity contribution in [2.45, 2.75) is 57.4 Å². The topological polar surface area (TPSA) is 12.0 Å². The van der Waals surface area contributed by atoms with Gasteiger partial charge in [-0.3, -0.25) is 0 Å². The lowest BCUT2D eigenvalue weighted by Gasteiger charge is -2.40. The van der Waals surface area contributed by atoms with Gasteiger partial charge in [0.1, 0.15) is 0 Å². The van der Waals surface area contributed by atoms with Crippen LogP contribution in [0.1, 0.15) is 51.4 Å². The molecule has 1 heteroatoms. The number of hydrogen-bond acceptors (Lipinski definition) is 1. The van der Waals surface area contributed by atoms with E-state index in [9.17, 15) is 0 Å². The maximum atomic E-state index is 3.66. The maximum absolute atomic E-state index is 3.66. The van der Waals surface area contributed by atoms with Crippen LogP contribution in [-0.4, -0.2) is 12.6 Å². The van der Waals surface area contributed by atoms with Gasteiger partial charge in [0.05, 0.1) is 0 Å². The molecular weight excluding hydrogens is 158 g/mol. The van der Waals surface area contributed by atoms with E-state index in [4.69, 9.17) is 0 Å². The van der Waals surface area contributed by atoms with Gasteiger partial charge in [-0.25, -0.2) is 0 Å². The van der Waals surface area contributed by atoms with Gasteiger partial charge in [-0.1, -0.05) is 12.8 Å². The number of nitrogens with one attached hydrogen (secondary N) is 1. The minimum Gasteiger partial charge on any atom is -0.314 e. The molecule has 3 rings (SSSR count). The van der Waals surface area contributed by atoms with Crippen LogP contribution in [0.3, 0.4) is 0 Å². The zero-order valence-electron chi connectivity index (χ0n) is 8.52. The third-order valence-corrected chi connectivity index (χ3v) is 4.84. The molecule has 13 heavy (non-hydrogen) atoms. The Kier molecular flexibility index (Phi) is 1.90. The molecule has 1 N–H and O–H groups in total. The van der Waals surface area contributed by atoms with Crippen molar-refractivity contribution in [2.75, 3.05) is 6.54 Å². The summed E-state index contributed by atoms with van der Waals surface area (Å²) in [6, 6.07) is 0.909. The van der Waals surface area contributed by atoms with E-state index in [1.807, 2.05) is 0 Å². The third kappa shape index (κ3) is 1.32. The monoisotopic (exact) mass is 179 g/mol. The van der Waals surface area contributed by atoms with Gasteiger partial charge in [0.15, 0.2) is 0 Å². The fraction of sp³-hybridized carbons (Fsp3) is 1.00. The van der Waals surface area contributed by atoms with Gasteiger partial charge in [0, 0.05) is 6.04 Å². The van der Waals surface area contributed by atoms with E-state index in [-0.39, 0.29) is 0 Å². The predicted molar refractivity (Wildman–Crippen MR) is 54.6 cm³/mol. The van der Waals surface area contributed by atoms with Crippen LogP contribution >= 0.6 is 0 Å². The molecule has 0 radical (unpaired) electrons. The van der Waals surface area contributed by atoms with Crippen LogP contribution in [0.15, 0.2) is 0 Å². The maximum Gasteiger partial charge on any atom is 0.00962 e. The Hall–Kier alpha value is -0.0400. The second-order valence-corrected chi connectivity index (χ2v) is 5.56. The highest BCUT2D eigenvalue weighted by atomic mass is 15.0. The Morgan fingerprint density at radius 1 is 1.00 bits per heavy atom. The summed E-state index contributed by atoms with van der Waals surface area (Å²) in [6.07, 6.45) is 12.2. The first kappa shape index (κ1) is 8.28. The molecule has 1 heterocycles. The van der Waals surface area contributed by atoms with Crippen LogP contribution in [0.5, 0.6) is 0 Å². The van der Waals surface area contributed by atoms with Crippen LogP contribution in [-0.2, 0) is 0 Å². The summed E-state index contributed by atoms with van der Waals surface area (Å²) < 4.78 is 0. The molecular formula is C12H21N. The summed E-state index contributed by atoms with van der Waals surface area (Å²) in [5.74, 6) is 1.05. The minimum absolute atomic E-state index is 0.827. The average Bonchev–Trinajstić information content (AvgIpc) is 2.74. The SMILES string of the molecule is C1CCC2(C1)CCC1NCCC1C2. The zero-order chi connectivity index (χ0) is 8.73. The Morgan fingerprint density at radius 3 is 2.69 bits per heavy atom. The second kappa shape index (κ2) is 2.98. The molecule has 3 fully saturated rings. The Morgan fingerprint density at radius 2 is 1.85 bits per heavy atom. The van der Waals surface area contributed by atoms with Crippen molar-refractivity contribution in [3.63, 3.8) is 0 Å². The molecule has 3 aliphatic rings. The number of fused-ring (bicyclic) bond motifs is 1. The van der Waals surface area contributed by atoms with Gasteiger partial charge >= 0.3 is 0 Å². The van der Waals surface area contributed by atoms with E-state index in [1.165, 1.54) is 38.6 Å². The van der Waals surface area contributed by atoms with Gasteiger partial charge in [-0.2, -0.15) is 0 Å². The van der Waals surface area contributed by atoms with Crippen molar-refractivity contribution in [3.05, 3.63) is 0 Å². The third-order valence-electron chi connectivity index (χ3n) is 4.84. The van der Waals surface area contributed by atoms with E-state index in [1.54, 1.807) is 19.3 Å². The molecule has 0 aromatic rings. The van der Waals surface area contributed by atoms with Crippen LogP contribution in [0.2, 0.25) is 0 Å². The van der Waals surface area contributed by atoms with Crippen molar-refractivity contribution in [1.82, 2.24) is 5.32 Å². The van der Waals surface area contributed by atoms with E-state index in [0.717, 1.165) is 17.4 Å². The van der Waals surface area contributed by atoms with Crippen molar-refractivity contribution in [3.8, 4) is 0 Å². The second-order valence-electron chi connectivity index (χ2n) is 5.56. The molecule has 2 aliphatic carbocycles. The number of hydrogen-bond donors (Lipinski definition) is 1. The lowest BCUT2D eigenvalue weighted by molar-refractivity contribution is 0.133. The molecule has 2 unspecified atom stereocenters. The Labute approximate surface area is 81.3 Å². The van der Waals surface area contributed by atoms with Gasteiger partial charge in [0.25, 0.3) is 0 Å². The van der Waals surface area contributed by atoms with Crippen LogP contribution in [0.25, 0.3) is 0 Å². The molecule has 2 atom stereocenters. The lowest BCUT2D eigenvalue weighted by atomic mass is 9.67. The molecule has 0 aromatic heterocycles. The fourth-order valence-corrected chi connectivity index (χ4v) is 4.10. The van der Waals surface area contributed by atoms with Gasteiger partial charge in [-0.15, -0.1) is 0 Å². The van der Waals surface area contributed by atoms with Crippen LogP contribution in [0.4, 0.5) is 0 Å². The largest absolute Gasteiger partial charge is 0.314 e. The van der Waals surface area contributed by atoms with Crippen LogP contribution in [0, 0.1) is 11.3 Å². The molecule has 0 aromatic carbocycles. The Balaban J connectivity index is 1.73. The first-order valence-electron chi connectivity index (χ1n) is 6.11. The molecule has 0 bridgehead atoms. The van der Waals surface area contributed by atoms with E-state index in [0.29, 0.717) is 0 Å². The molecule has 74 valence electrons. The summed E-state index contributed by atoms with van der Waals surface area (Å²) in [6.45, 7) is 1.30. The predicted octanol–water partition coefficient (Wildman–Crippen LogP) is 2.71. The fourth-order valence-electron chi connectivity index (χ4n) is 4.10. The van der Waals surface area contributed by atoms with Gasteiger partial charge in [0.2, 0.25) is 0 Å². The normalized spacial score (nSPS) is 42.5. The standard InChI is InChI=1S/C12H21N/c1-2-6-12(5-1)7-3-11-10(9-12)4-8-13-11/h10-11,13H,1-9H2. The molecule has 0 amide bonds.